The van der Waals surface area contributed by atoms with Gasteiger partial charge >= 0.3 is 0 Å². The van der Waals surface area contributed by atoms with Crippen molar-refractivity contribution in [3.8, 4) is 0 Å². The van der Waals surface area contributed by atoms with E-state index in [0.717, 1.165) is 11.7 Å². The van der Waals surface area contributed by atoms with Crippen molar-refractivity contribution in [1.82, 2.24) is 5.32 Å². The third-order valence-corrected chi connectivity index (χ3v) is 5.69. The van der Waals surface area contributed by atoms with Gasteiger partial charge in [-0.25, -0.2) is 0 Å². The number of hydrogen-bond donors (Lipinski definition) is 1. The van der Waals surface area contributed by atoms with E-state index in [2.05, 4.69) is 49.7 Å². The highest BCUT2D eigenvalue weighted by atomic mass is 32.2. The zero-order valence-corrected chi connectivity index (χ0v) is 14.0. The normalized spacial score (nSPS) is 24.6. The van der Waals surface area contributed by atoms with E-state index in [4.69, 9.17) is 0 Å². The molecule has 112 valence electrons. The van der Waals surface area contributed by atoms with Gasteiger partial charge in [0.15, 0.2) is 0 Å². The predicted molar refractivity (Wildman–Crippen MR) is 91.5 cm³/mol. The molecule has 0 bridgehead atoms. The second-order valence-electron chi connectivity index (χ2n) is 5.94. The fraction of sp³-hybridized carbons (Fsp3) is 0.667. The molecule has 0 radical (unpaired) electrons. The van der Waals surface area contributed by atoms with Crippen molar-refractivity contribution in [1.29, 1.82) is 0 Å². The molecule has 1 aliphatic carbocycles. The molecule has 1 aliphatic rings. The quantitative estimate of drug-likeness (QED) is 0.794. The van der Waals surface area contributed by atoms with E-state index in [9.17, 15) is 0 Å². The van der Waals surface area contributed by atoms with Gasteiger partial charge in [0, 0.05) is 17.3 Å². The maximum atomic E-state index is 3.91. The van der Waals surface area contributed by atoms with Crippen LogP contribution in [0.25, 0.3) is 0 Å². The summed E-state index contributed by atoms with van der Waals surface area (Å²) in [6.07, 6.45) is 10.0. The van der Waals surface area contributed by atoms with Gasteiger partial charge in [-0.1, -0.05) is 44.5 Å². The minimum atomic E-state index is 0.520. The lowest BCUT2D eigenvalue weighted by atomic mass is 9.92. The molecule has 1 fully saturated rings. The molecule has 2 heteroatoms. The van der Waals surface area contributed by atoms with Crippen LogP contribution in [0.15, 0.2) is 24.3 Å². The molecular formula is C18H29NS. The van der Waals surface area contributed by atoms with E-state index in [1.807, 2.05) is 11.8 Å². The highest BCUT2D eigenvalue weighted by Crippen LogP contribution is 2.29. The summed E-state index contributed by atoms with van der Waals surface area (Å²) in [5.41, 5.74) is 2.89. The maximum Gasteiger partial charge on any atom is 0.0320 e. The van der Waals surface area contributed by atoms with Crippen LogP contribution in [0.1, 0.15) is 63.1 Å². The molecule has 1 aromatic carbocycles. The van der Waals surface area contributed by atoms with Crippen LogP contribution in [0, 0.1) is 0 Å². The molecule has 1 aromatic rings. The first-order valence-electron chi connectivity index (χ1n) is 8.14. The van der Waals surface area contributed by atoms with Crippen LogP contribution < -0.4 is 5.32 Å². The molecule has 0 amide bonds. The van der Waals surface area contributed by atoms with Crippen molar-refractivity contribution in [3.63, 3.8) is 0 Å². The zero-order chi connectivity index (χ0) is 14.4. The molecule has 20 heavy (non-hydrogen) atoms. The second-order valence-corrected chi connectivity index (χ2v) is 7.08. The molecule has 0 spiro atoms. The minimum Gasteiger partial charge on any atom is -0.307 e. The van der Waals surface area contributed by atoms with E-state index >= 15 is 0 Å². The smallest absolute Gasteiger partial charge is 0.0320 e. The molecule has 1 N–H and O–H groups in total. The number of benzene rings is 1. The summed E-state index contributed by atoms with van der Waals surface area (Å²) in [6.45, 7) is 4.51. The van der Waals surface area contributed by atoms with Gasteiger partial charge in [0.05, 0.1) is 0 Å². The van der Waals surface area contributed by atoms with Gasteiger partial charge in [-0.3, -0.25) is 0 Å². The summed E-state index contributed by atoms with van der Waals surface area (Å²) in [6, 6.07) is 10.4. The van der Waals surface area contributed by atoms with E-state index in [0.29, 0.717) is 12.1 Å². The Bertz CT molecular complexity index is 387. The van der Waals surface area contributed by atoms with Crippen LogP contribution in [0.2, 0.25) is 0 Å². The second kappa shape index (κ2) is 8.09. The standard InChI is InChI=1S/C18H29NS/c1-4-14-9-11-15(12-10-14)18(5-2)19-16-7-6-8-17(13-16)20-3/h9-12,16-19H,4-8,13H2,1-3H3. The number of aryl methyl sites for hydroxylation is 1. The van der Waals surface area contributed by atoms with Crippen molar-refractivity contribution >= 4 is 11.8 Å². The Morgan fingerprint density at radius 2 is 1.95 bits per heavy atom. The van der Waals surface area contributed by atoms with Gasteiger partial charge < -0.3 is 5.32 Å². The third kappa shape index (κ3) is 4.26. The van der Waals surface area contributed by atoms with Crippen molar-refractivity contribution in [2.24, 2.45) is 0 Å². The van der Waals surface area contributed by atoms with E-state index < -0.39 is 0 Å². The molecule has 0 heterocycles. The summed E-state index contributed by atoms with van der Waals surface area (Å²) in [7, 11) is 0. The van der Waals surface area contributed by atoms with Crippen LogP contribution >= 0.6 is 11.8 Å². The molecule has 1 saturated carbocycles. The maximum absolute atomic E-state index is 3.91. The Hall–Kier alpha value is -0.470. The van der Waals surface area contributed by atoms with Crippen LogP contribution in [0.5, 0.6) is 0 Å². The molecule has 0 saturated heterocycles. The van der Waals surface area contributed by atoms with Crippen LogP contribution in [-0.4, -0.2) is 17.5 Å². The Labute approximate surface area is 128 Å². The van der Waals surface area contributed by atoms with Crippen molar-refractivity contribution in [2.45, 2.75) is 69.7 Å². The lowest BCUT2D eigenvalue weighted by Crippen LogP contribution is -2.37. The first-order valence-corrected chi connectivity index (χ1v) is 9.43. The molecule has 3 unspecified atom stereocenters. The lowest BCUT2D eigenvalue weighted by Gasteiger charge is -2.32. The van der Waals surface area contributed by atoms with E-state index in [1.165, 1.54) is 43.2 Å². The zero-order valence-electron chi connectivity index (χ0n) is 13.2. The van der Waals surface area contributed by atoms with Gasteiger partial charge in [-0.2, -0.15) is 11.8 Å². The first-order chi connectivity index (χ1) is 9.76. The van der Waals surface area contributed by atoms with Crippen LogP contribution in [0.4, 0.5) is 0 Å². The van der Waals surface area contributed by atoms with Gasteiger partial charge in [0.25, 0.3) is 0 Å². The predicted octanol–water partition coefficient (Wildman–Crippen LogP) is 4.96. The lowest BCUT2D eigenvalue weighted by molar-refractivity contribution is 0.340. The highest BCUT2D eigenvalue weighted by Gasteiger charge is 2.23. The number of thioether (sulfide) groups is 1. The van der Waals surface area contributed by atoms with Crippen LogP contribution in [-0.2, 0) is 6.42 Å². The van der Waals surface area contributed by atoms with Gasteiger partial charge in [0.1, 0.15) is 0 Å². The number of nitrogens with one attached hydrogen (secondary N) is 1. The van der Waals surface area contributed by atoms with Crippen molar-refractivity contribution in [3.05, 3.63) is 35.4 Å². The molecular weight excluding hydrogens is 262 g/mol. The number of hydrogen-bond acceptors (Lipinski definition) is 2. The SMILES string of the molecule is CCc1ccc(C(CC)NC2CCCC(SC)C2)cc1. The van der Waals surface area contributed by atoms with Gasteiger partial charge in [-0.05, 0) is 49.5 Å². The molecule has 0 aromatic heterocycles. The van der Waals surface area contributed by atoms with E-state index in [1.54, 1.807) is 0 Å². The van der Waals surface area contributed by atoms with Crippen molar-refractivity contribution < 1.29 is 0 Å². The van der Waals surface area contributed by atoms with E-state index in [-0.39, 0.29) is 0 Å². The topological polar surface area (TPSA) is 12.0 Å². The number of rotatable bonds is 6. The first kappa shape index (κ1) is 15.9. The highest BCUT2D eigenvalue weighted by molar-refractivity contribution is 7.99. The monoisotopic (exact) mass is 291 g/mol. The fourth-order valence-corrected chi connectivity index (χ4v) is 4.06. The average Bonchev–Trinajstić information content (AvgIpc) is 2.53. The van der Waals surface area contributed by atoms with Gasteiger partial charge in [-0.15, -0.1) is 0 Å². The third-order valence-electron chi connectivity index (χ3n) is 4.59. The molecule has 1 nitrogen and oxygen atoms in total. The van der Waals surface area contributed by atoms with Crippen LogP contribution in [0.3, 0.4) is 0 Å². The summed E-state index contributed by atoms with van der Waals surface area (Å²) in [5.74, 6) is 0. The van der Waals surface area contributed by atoms with Crippen molar-refractivity contribution in [2.75, 3.05) is 6.26 Å². The fourth-order valence-electron chi connectivity index (χ4n) is 3.23. The Morgan fingerprint density at radius 1 is 1.20 bits per heavy atom. The molecule has 3 atom stereocenters. The molecule has 0 aliphatic heterocycles. The average molecular weight is 292 g/mol. The minimum absolute atomic E-state index is 0.520. The molecule has 2 rings (SSSR count). The Kier molecular flexibility index (Phi) is 6.44. The summed E-state index contributed by atoms with van der Waals surface area (Å²) in [5, 5.41) is 4.77. The largest absolute Gasteiger partial charge is 0.307 e. The summed E-state index contributed by atoms with van der Waals surface area (Å²) >= 11 is 2.04. The summed E-state index contributed by atoms with van der Waals surface area (Å²) < 4.78 is 0. The Morgan fingerprint density at radius 3 is 2.55 bits per heavy atom. The summed E-state index contributed by atoms with van der Waals surface area (Å²) in [4.78, 5) is 0. The Balaban J connectivity index is 1.97. The van der Waals surface area contributed by atoms with Gasteiger partial charge in [0.2, 0.25) is 0 Å².